The molecule has 2 heterocycles. The van der Waals surface area contributed by atoms with Crippen molar-refractivity contribution in [3.8, 4) is 0 Å². The van der Waals surface area contributed by atoms with Gasteiger partial charge in [0, 0.05) is 17.1 Å². The van der Waals surface area contributed by atoms with Crippen molar-refractivity contribution >= 4 is 32.9 Å². The van der Waals surface area contributed by atoms with E-state index in [-0.39, 0.29) is 0 Å². The summed E-state index contributed by atoms with van der Waals surface area (Å²) in [6, 6.07) is 6.46. The number of halogens is 1. The minimum Gasteiger partial charge on any atom is -0.369 e. The van der Waals surface area contributed by atoms with Gasteiger partial charge in [-0.3, -0.25) is 0 Å². The van der Waals surface area contributed by atoms with Gasteiger partial charge >= 0.3 is 0 Å². The van der Waals surface area contributed by atoms with Crippen molar-refractivity contribution in [3.63, 3.8) is 0 Å². The lowest BCUT2D eigenvalue weighted by Gasteiger charge is -2.30. The molecule has 4 nitrogen and oxygen atoms in total. The predicted octanol–water partition coefficient (Wildman–Crippen LogP) is 3.43. The molecule has 1 aromatic carbocycles. The number of hydrogen-bond donors (Lipinski definition) is 1. The van der Waals surface area contributed by atoms with Gasteiger partial charge in [-0.15, -0.1) is 0 Å². The van der Waals surface area contributed by atoms with E-state index in [2.05, 4.69) is 43.4 Å². The summed E-state index contributed by atoms with van der Waals surface area (Å²) in [5.41, 5.74) is 8.21. The van der Waals surface area contributed by atoms with Gasteiger partial charge in [-0.25, -0.2) is 4.98 Å². The topological polar surface area (TPSA) is 47.1 Å². The molecule has 1 saturated heterocycles. The van der Waals surface area contributed by atoms with Crippen LogP contribution in [0.2, 0.25) is 0 Å². The van der Waals surface area contributed by atoms with Crippen LogP contribution < -0.4 is 5.73 Å². The van der Waals surface area contributed by atoms with Crippen LogP contribution in [0.25, 0.3) is 11.0 Å². The van der Waals surface area contributed by atoms with E-state index in [9.17, 15) is 0 Å². The fourth-order valence-corrected chi connectivity index (χ4v) is 3.49. The monoisotopic (exact) mass is 336 g/mol. The van der Waals surface area contributed by atoms with E-state index in [4.69, 9.17) is 5.73 Å². The van der Waals surface area contributed by atoms with E-state index in [0.717, 1.165) is 22.1 Å². The van der Waals surface area contributed by atoms with Crippen molar-refractivity contribution in [1.29, 1.82) is 0 Å². The zero-order valence-corrected chi connectivity index (χ0v) is 13.4. The molecule has 0 spiro atoms. The van der Waals surface area contributed by atoms with Crippen LogP contribution in [0, 0.1) is 0 Å². The van der Waals surface area contributed by atoms with Gasteiger partial charge in [-0.05, 0) is 51.1 Å². The number of aromatic nitrogens is 2. The molecule has 0 amide bonds. The maximum absolute atomic E-state index is 6.13. The molecule has 1 aliphatic rings. The molecular weight excluding hydrogens is 316 g/mol. The number of nitrogen functional groups attached to an aromatic ring is 1. The Morgan fingerprint density at radius 1 is 1.30 bits per heavy atom. The van der Waals surface area contributed by atoms with E-state index < -0.39 is 0 Å². The van der Waals surface area contributed by atoms with Crippen molar-refractivity contribution in [2.75, 3.05) is 25.4 Å². The summed E-state index contributed by atoms with van der Waals surface area (Å²) in [4.78, 5) is 7.01. The molecule has 0 saturated carbocycles. The Morgan fingerprint density at radius 2 is 2.05 bits per heavy atom. The van der Waals surface area contributed by atoms with Gasteiger partial charge in [0.25, 0.3) is 0 Å². The van der Waals surface area contributed by atoms with Crippen LogP contribution in [0.5, 0.6) is 0 Å². The zero-order valence-electron chi connectivity index (χ0n) is 11.8. The Balaban J connectivity index is 1.88. The first-order chi connectivity index (χ1) is 9.65. The van der Waals surface area contributed by atoms with Gasteiger partial charge in [-0.2, -0.15) is 0 Å². The molecule has 2 N–H and O–H groups in total. The molecule has 5 heteroatoms. The highest BCUT2D eigenvalue weighted by Crippen LogP contribution is 2.26. The minimum absolute atomic E-state index is 0.340. The lowest BCUT2D eigenvalue weighted by molar-refractivity contribution is 0.204. The molecule has 1 unspecified atom stereocenters. The van der Waals surface area contributed by atoms with Gasteiger partial charge < -0.3 is 15.2 Å². The van der Waals surface area contributed by atoms with E-state index in [1.807, 2.05) is 12.1 Å². The minimum atomic E-state index is 0.340. The third-order valence-corrected chi connectivity index (χ3v) is 4.58. The van der Waals surface area contributed by atoms with E-state index in [1.54, 1.807) is 0 Å². The van der Waals surface area contributed by atoms with Crippen LogP contribution in [-0.2, 0) is 0 Å². The summed E-state index contributed by atoms with van der Waals surface area (Å²) in [7, 11) is 0. The van der Waals surface area contributed by atoms with Crippen LogP contribution in [-0.4, -0.2) is 34.1 Å². The largest absolute Gasteiger partial charge is 0.369 e. The van der Waals surface area contributed by atoms with E-state index in [0.29, 0.717) is 12.0 Å². The number of imidazole rings is 1. The summed E-state index contributed by atoms with van der Waals surface area (Å²) in [6.07, 6.45) is 4.00. The van der Waals surface area contributed by atoms with Crippen molar-refractivity contribution in [2.24, 2.45) is 0 Å². The summed E-state index contributed by atoms with van der Waals surface area (Å²) in [6.45, 7) is 5.69. The Labute approximate surface area is 128 Å². The number of fused-ring (bicyclic) bond motifs is 1. The molecule has 0 aliphatic carbocycles. The molecule has 20 heavy (non-hydrogen) atoms. The Hall–Kier alpha value is -1.07. The average molecular weight is 337 g/mol. The van der Waals surface area contributed by atoms with Crippen LogP contribution in [0.3, 0.4) is 0 Å². The fourth-order valence-electron chi connectivity index (χ4n) is 3.15. The zero-order chi connectivity index (χ0) is 14.1. The second-order valence-electron chi connectivity index (χ2n) is 5.68. The first-order valence-electron chi connectivity index (χ1n) is 7.30. The Bertz CT molecular complexity index is 601. The quantitative estimate of drug-likeness (QED) is 0.933. The summed E-state index contributed by atoms with van der Waals surface area (Å²) >= 11 is 3.53. The lowest BCUT2D eigenvalue weighted by atomic mass is 10.1. The number of piperidine rings is 1. The second-order valence-corrected chi connectivity index (χ2v) is 6.60. The van der Waals surface area contributed by atoms with Crippen molar-refractivity contribution in [3.05, 3.63) is 22.7 Å². The van der Waals surface area contributed by atoms with Gasteiger partial charge in [0.2, 0.25) is 5.95 Å². The Kier molecular flexibility index (Phi) is 3.98. The average Bonchev–Trinajstić information content (AvgIpc) is 2.75. The van der Waals surface area contributed by atoms with Crippen LogP contribution in [0.1, 0.15) is 32.2 Å². The highest BCUT2D eigenvalue weighted by molar-refractivity contribution is 9.10. The van der Waals surface area contributed by atoms with Crippen molar-refractivity contribution in [1.82, 2.24) is 14.5 Å². The van der Waals surface area contributed by atoms with Crippen molar-refractivity contribution < 1.29 is 0 Å². The van der Waals surface area contributed by atoms with E-state index >= 15 is 0 Å². The molecule has 1 fully saturated rings. The van der Waals surface area contributed by atoms with E-state index in [1.165, 1.54) is 32.4 Å². The highest BCUT2D eigenvalue weighted by Gasteiger charge is 2.18. The van der Waals surface area contributed by atoms with Gasteiger partial charge in [-0.1, -0.05) is 22.4 Å². The molecule has 2 aromatic rings. The molecule has 0 bridgehead atoms. The van der Waals surface area contributed by atoms with Gasteiger partial charge in [0.1, 0.15) is 0 Å². The number of nitrogens with two attached hydrogens (primary N) is 1. The summed E-state index contributed by atoms with van der Waals surface area (Å²) in [5, 5.41) is 0. The fraction of sp³-hybridized carbons (Fsp3) is 0.533. The number of hydrogen-bond acceptors (Lipinski definition) is 3. The number of rotatable bonds is 3. The molecule has 1 aromatic heterocycles. The predicted molar refractivity (Wildman–Crippen MR) is 86.8 cm³/mol. The molecular formula is C15H21BrN4. The number of nitrogens with zero attached hydrogens (tertiary/aromatic N) is 3. The SMILES string of the molecule is CC(CN1CCCCC1)n1c(N)nc2ccc(Br)cc21. The number of benzene rings is 1. The molecule has 1 aliphatic heterocycles. The van der Waals surface area contributed by atoms with Crippen LogP contribution in [0.4, 0.5) is 5.95 Å². The second kappa shape index (κ2) is 5.74. The smallest absolute Gasteiger partial charge is 0.201 e. The summed E-state index contributed by atoms with van der Waals surface area (Å²) in [5.74, 6) is 0.614. The highest BCUT2D eigenvalue weighted by atomic mass is 79.9. The Morgan fingerprint density at radius 3 is 2.80 bits per heavy atom. The van der Waals surface area contributed by atoms with Gasteiger partial charge in [0.15, 0.2) is 0 Å². The normalized spacial score (nSPS) is 18.5. The maximum Gasteiger partial charge on any atom is 0.201 e. The number of anilines is 1. The summed E-state index contributed by atoms with van der Waals surface area (Å²) < 4.78 is 3.23. The van der Waals surface area contributed by atoms with Crippen LogP contribution in [0.15, 0.2) is 22.7 Å². The molecule has 1 atom stereocenters. The molecule has 108 valence electrons. The first kappa shape index (κ1) is 13.9. The van der Waals surface area contributed by atoms with Crippen LogP contribution >= 0.6 is 15.9 Å². The lowest BCUT2D eigenvalue weighted by Crippen LogP contribution is -2.34. The van der Waals surface area contributed by atoms with Crippen molar-refractivity contribution in [2.45, 2.75) is 32.2 Å². The third kappa shape index (κ3) is 2.69. The van der Waals surface area contributed by atoms with Gasteiger partial charge in [0.05, 0.1) is 11.0 Å². The number of likely N-dealkylation sites (tertiary alicyclic amines) is 1. The standard InChI is InChI=1S/C15H21BrN4/c1-11(10-19-7-3-2-4-8-19)20-14-9-12(16)5-6-13(14)18-15(20)17/h5-6,9,11H,2-4,7-8,10H2,1H3,(H2,17,18). The first-order valence-corrected chi connectivity index (χ1v) is 8.10. The third-order valence-electron chi connectivity index (χ3n) is 4.09. The maximum atomic E-state index is 6.13. The molecule has 3 rings (SSSR count). The molecule has 0 radical (unpaired) electrons.